The molecule has 2 heterocycles. The van der Waals surface area contributed by atoms with Crippen molar-refractivity contribution in [1.29, 1.82) is 0 Å². The number of thioether (sulfide) groups is 1. The van der Waals surface area contributed by atoms with Crippen molar-refractivity contribution in [2.24, 2.45) is 0 Å². The topological polar surface area (TPSA) is 50.5 Å². The number of rotatable bonds is 4. The third kappa shape index (κ3) is 2.37. The summed E-state index contributed by atoms with van der Waals surface area (Å²) < 4.78 is 5.12. The van der Waals surface area contributed by atoms with Gasteiger partial charge in [0, 0.05) is 23.7 Å². The fraction of sp³-hybridized carbons (Fsp3) is 0.176. The minimum absolute atomic E-state index is 0.0194. The lowest BCUT2D eigenvalue weighted by Gasteiger charge is -2.13. The molecule has 112 valence electrons. The lowest BCUT2D eigenvalue weighted by atomic mass is 9.99. The Hall–Kier alpha value is -2.27. The number of carbonyl (C=O) groups excluding carboxylic acids is 2. The van der Waals surface area contributed by atoms with Crippen molar-refractivity contribution in [2.75, 3.05) is 18.2 Å². The molecule has 0 fully saturated rings. The molecule has 5 heteroatoms. The first-order valence-electron chi connectivity index (χ1n) is 6.83. The van der Waals surface area contributed by atoms with E-state index < -0.39 is 5.92 Å². The maximum absolute atomic E-state index is 12.6. The second-order valence-electron chi connectivity index (χ2n) is 4.98. The number of para-hydroxylation sites is 1. The van der Waals surface area contributed by atoms with Gasteiger partial charge in [0.2, 0.25) is 11.7 Å². The van der Waals surface area contributed by atoms with Crippen LogP contribution in [0.2, 0.25) is 0 Å². The molecule has 22 heavy (non-hydrogen) atoms. The third-order valence-corrected chi connectivity index (χ3v) is 4.57. The lowest BCUT2D eigenvalue weighted by Crippen LogP contribution is -2.24. The predicted octanol–water partition coefficient (Wildman–Crippen LogP) is 3.47. The van der Waals surface area contributed by atoms with Gasteiger partial charge in [-0.05, 0) is 30.0 Å². The van der Waals surface area contributed by atoms with Crippen LogP contribution in [-0.4, -0.2) is 25.0 Å². The molecule has 1 aliphatic heterocycles. The largest absolute Gasteiger partial charge is 0.461 e. The van der Waals surface area contributed by atoms with Crippen molar-refractivity contribution in [3.8, 4) is 0 Å². The minimum Gasteiger partial charge on any atom is -0.461 e. The van der Waals surface area contributed by atoms with E-state index in [0.717, 1.165) is 16.2 Å². The van der Waals surface area contributed by atoms with Crippen molar-refractivity contribution in [3.05, 3.63) is 65.0 Å². The van der Waals surface area contributed by atoms with E-state index in [9.17, 15) is 9.59 Å². The summed E-state index contributed by atoms with van der Waals surface area (Å²) in [6.45, 7) is 0. The van der Waals surface area contributed by atoms with Crippen LogP contribution >= 0.6 is 11.8 Å². The number of ketones is 1. The molecule has 4 nitrogen and oxygen atoms in total. The first kappa shape index (κ1) is 14.7. The van der Waals surface area contributed by atoms with Gasteiger partial charge in [0.1, 0.15) is 0 Å². The van der Waals surface area contributed by atoms with Gasteiger partial charge in [-0.1, -0.05) is 18.2 Å². The van der Waals surface area contributed by atoms with Crippen LogP contribution in [0.15, 0.2) is 58.1 Å². The number of carbonyl (C=O) groups is 2. The molecule has 0 aliphatic carbocycles. The lowest BCUT2D eigenvalue weighted by molar-refractivity contribution is -0.118. The number of amides is 1. The SMILES string of the molecule is CS/C(=C\C(=O)c1ccco1)C1C(=O)N(C)c2ccccc21. The third-order valence-electron chi connectivity index (χ3n) is 3.74. The standard InChI is InChI=1S/C17H15NO3S/c1-18-12-7-4-3-6-11(12)16(17(18)20)15(22-2)10-13(19)14-8-5-9-21-14/h3-10,16H,1-2H3/b15-10-. The van der Waals surface area contributed by atoms with Crippen molar-refractivity contribution in [1.82, 2.24) is 0 Å². The molecular weight excluding hydrogens is 298 g/mol. The summed E-state index contributed by atoms with van der Waals surface area (Å²) in [5, 5.41) is 0. The number of likely N-dealkylation sites (N-methyl/N-ethyl adjacent to an activating group) is 1. The first-order valence-corrected chi connectivity index (χ1v) is 8.06. The molecule has 0 N–H and O–H groups in total. The van der Waals surface area contributed by atoms with Crippen LogP contribution in [0, 0.1) is 0 Å². The van der Waals surface area contributed by atoms with Gasteiger partial charge < -0.3 is 9.32 Å². The normalized spacial score (nSPS) is 17.7. The van der Waals surface area contributed by atoms with Crippen LogP contribution < -0.4 is 4.90 Å². The summed E-state index contributed by atoms with van der Waals surface area (Å²) in [4.78, 5) is 27.2. The molecular formula is C17H15NO3S. The predicted molar refractivity (Wildman–Crippen MR) is 87.2 cm³/mol. The number of anilines is 1. The second-order valence-corrected chi connectivity index (χ2v) is 5.86. The van der Waals surface area contributed by atoms with Crippen molar-refractivity contribution < 1.29 is 14.0 Å². The summed E-state index contributed by atoms with van der Waals surface area (Å²) >= 11 is 1.41. The quantitative estimate of drug-likeness (QED) is 0.640. The van der Waals surface area contributed by atoms with E-state index in [2.05, 4.69) is 0 Å². The maximum atomic E-state index is 12.6. The number of hydrogen-bond acceptors (Lipinski definition) is 4. The van der Waals surface area contributed by atoms with Crippen LogP contribution in [0.3, 0.4) is 0 Å². The smallest absolute Gasteiger partial charge is 0.239 e. The summed E-state index contributed by atoms with van der Waals surface area (Å²) in [7, 11) is 1.76. The molecule has 0 spiro atoms. The molecule has 0 saturated heterocycles. The van der Waals surface area contributed by atoms with E-state index in [0.29, 0.717) is 0 Å². The van der Waals surface area contributed by atoms with Gasteiger partial charge in [-0.25, -0.2) is 0 Å². The van der Waals surface area contributed by atoms with E-state index in [-0.39, 0.29) is 17.5 Å². The van der Waals surface area contributed by atoms with E-state index >= 15 is 0 Å². The Balaban J connectivity index is 2.01. The van der Waals surface area contributed by atoms with E-state index in [1.54, 1.807) is 24.1 Å². The second kappa shape index (κ2) is 5.85. The van der Waals surface area contributed by atoms with Crippen molar-refractivity contribution >= 4 is 29.1 Å². The molecule has 0 saturated carbocycles. The molecule has 1 aliphatic rings. The molecule has 1 amide bonds. The Morgan fingerprint density at radius 2 is 2.05 bits per heavy atom. The number of benzene rings is 1. The Labute approximate surface area is 132 Å². The average Bonchev–Trinajstić information content (AvgIpc) is 3.15. The molecule has 0 bridgehead atoms. The van der Waals surface area contributed by atoms with Crippen LogP contribution in [0.1, 0.15) is 22.0 Å². The van der Waals surface area contributed by atoms with Gasteiger partial charge in [0.15, 0.2) is 5.76 Å². The first-order chi connectivity index (χ1) is 10.6. The molecule has 0 radical (unpaired) electrons. The van der Waals surface area contributed by atoms with Crippen LogP contribution in [0.25, 0.3) is 0 Å². The summed E-state index contributed by atoms with van der Waals surface area (Å²) in [5.74, 6) is -0.392. The fourth-order valence-electron chi connectivity index (χ4n) is 2.64. The summed E-state index contributed by atoms with van der Waals surface area (Å²) in [6.07, 6.45) is 4.83. The van der Waals surface area contributed by atoms with Crippen LogP contribution in [-0.2, 0) is 4.79 Å². The molecule has 3 rings (SSSR count). The highest BCUT2D eigenvalue weighted by molar-refractivity contribution is 8.02. The minimum atomic E-state index is -0.421. The Bertz CT molecular complexity index is 749. The van der Waals surface area contributed by atoms with E-state index in [4.69, 9.17) is 4.42 Å². The molecule has 1 atom stereocenters. The van der Waals surface area contributed by atoms with Crippen LogP contribution in [0.4, 0.5) is 5.69 Å². The number of hydrogen-bond donors (Lipinski definition) is 0. The van der Waals surface area contributed by atoms with E-state index in [1.165, 1.54) is 24.1 Å². The number of nitrogens with zero attached hydrogens (tertiary/aromatic N) is 1. The van der Waals surface area contributed by atoms with Gasteiger partial charge in [0.05, 0.1) is 12.2 Å². The van der Waals surface area contributed by atoms with Gasteiger partial charge >= 0.3 is 0 Å². The Kier molecular flexibility index (Phi) is 3.90. The Morgan fingerprint density at radius 3 is 2.73 bits per heavy atom. The monoisotopic (exact) mass is 313 g/mol. The summed E-state index contributed by atoms with van der Waals surface area (Å²) in [5.41, 5.74) is 1.82. The van der Waals surface area contributed by atoms with Crippen molar-refractivity contribution in [3.63, 3.8) is 0 Å². The zero-order chi connectivity index (χ0) is 15.7. The average molecular weight is 313 g/mol. The molecule has 1 aromatic heterocycles. The highest BCUT2D eigenvalue weighted by Gasteiger charge is 2.37. The van der Waals surface area contributed by atoms with Crippen LogP contribution in [0.5, 0.6) is 0 Å². The maximum Gasteiger partial charge on any atom is 0.239 e. The zero-order valence-electron chi connectivity index (χ0n) is 12.3. The fourth-order valence-corrected chi connectivity index (χ4v) is 3.33. The van der Waals surface area contributed by atoms with Gasteiger partial charge in [-0.2, -0.15) is 0 Å². The highest BCUT2D eigenvalue weighted by atomic mass is 32.2. The Morgan fingerprint density at radius 1 is 1.27 bits per heavy atom. The molecule has 1 aromatic carbocycles. The zero-order valence-corrected chi connectivity index (χ0v) is 13.1. The van der Waals surface area contributed by atoms with Gasteiger partial charge in [-0.15, -0.1) is 11.8 Å². The molecule has 1 unspecified atom stereocenters. The van der Waals surface area contributed by atoms with Crippen molar-refractivity contribution in [2.45, 2.75) is 5.92 Å². The van der Waals surface area contributed by atoms with Gasteiger partial charge in [-0.3, -0.25) is 9.59 Å². The van der Waals surface area contributed by atoms with E-state index in [1.807, 2.05) is 30.5 Å². The van der Waals surface area contributed by atoms with Gasteiger partial charge in [0.25, 0.3) is 0 Å². The number of furan rings is 1. The number of allylic oxidation sites excluding steroid dienone is 1. The summed E-state index contributed by atoms with van der Waals surface area (Å²) in [6, 6.07) is 10.9. The number of fused-ring (bicyclic) bond motifs is 1. The highest BCUT2D eigenvalue weighted by Crippen LogP contribution is 2.43. The molecule has 2 aromatic rings.